The van der Waals surface area contributed by atoms with Gasteiger partial charge in [-0.15, -0.1) is 0 Å². The first-order valence-corrected chi connectivity index (χ1v) is 16.2. The minimum Gasteiger partial charge on any atom is -0.478 e. The number of aliphatic hydroxyl groups excluding tert-OH is 1. The predicted octanol–water partition coefficient (Wildman–Crippen LogP) is 9.17. The Kier molecular flexibility index (Phi) is 6.60. The second-order valence-electron chi connectivity index (χ2n) is 16.2. The van der Waals surface area contributed by atoms with Gasteiger partial charge in [0.1, 0.15) is 5.82 Å². The van der Waals surface area contributed by atoms with Gasteiger partial charge in [0, 0.05) is 12.2 Å². The van der Waals surface area contributed by atoms with Crippen LogP contribution in [0.5, 0.6) is 0 Å². The topological polar surface area (TPSA) is 57.5 Å². The molecule has 0 amide bonds. The lowest BCUT2D eigenvalue weighted by molar-refractivity contribution is -0.228. The molecule has 0 aromatic heterocycles. The predicted molar refractivity (Wildman–Crippen MR) is 163 cm³/mol. The summed E-state index contributed by atoms with van der Waals surface area (Å²) in [6.07, 6.45) is 12.7. The van der Waals surface area contributed by atoms with Crippen LogP contribution in [0.2, 0.25) is 0 Å². The third-order valence-corrected chi connectivity index (χ3v) is 14.6. The molecule has 6 rings (SSSR count). The molecule has 0 saturated heterocycles. The van der Waals surface area contributed by atoms with E-state index in [-0.39, 0.29) is 32.6 Å². The number of rotatable bonds is 4. The number of fused-ring (bicyclic) bond motifs is 7. The van der Waals surface area contributed by atoms with Crippen molar-refractivity contribution < 1.29 is 19.4 Å². The highest BCUT2D eigenvalue weighted by atomic mass is 19.1. The summed E-state index contributed by atoms with van der Waals surface area (Å²) in [5, 5.41) is 20.1. The molecule has 0 spiro atoms. The minimum atomic E-state index is -1.10. The Labute approximate surface area is 246 Å². The van der Waals surface area contributed by atoms with Gasteiger partial charge in [-0.2, -0.15) is 0 Å². The number of hydrogen-bond acceptors (Lipinski definition) is 2. The van der Waals surface area contributed by atoms with Crippen molar-refractivity contribution in [3.63, 3.8) is 0 Å². The molecule has 0 radical (unpaired) electrons. The number of aromatic carboxylic acids is 1. The summed E-state index contributed by atoms with van der Waals surface area (Å²) in [6.45, 7) is 19.4. The first-order chi connectivity index (χ1) is 19.2. The Morgan fingerprint density at radius 2 is 1.71 bits per heavy atom. The summed E-state index contributed by atoms with van der Waals surface area (Å²) in [4.78, 5) is 11.4. The Hall–Kier alpha value is -1.94. The molecule has 4 fully saturated rings. The molecule has 0 heterocycles. The van der Waals surface area contributed by atoms with E-state index in [1.165, 1.54) is 43.7 Å². The lowest BCUT2D eigenvalue weighted by Crippen LogP contribution is -2.65. The van der Waals surface area contributed by atoms with Crippen molar-refractivity contribution in [3.8, 4) is 0 Å². The lowest BCUT2D eigenvalue weighted by Gasteiger charge is -2.72. The van der Waals surface area contributed by atoms with Crippen LogP contribution in [0.25, 0.3) is 5.57 Å². The van der Waals surface area contributed by atoms with E-state index in [1.54, 1.807) is 12.1 Å². The molecule has 3 nitrogen and oxygen atoms in total. The van der Waals surface area contributed by atoms with E-state index < -0.39 is 11.8 Å². The zero-order valence-electron chi connectivity index (χ0n) is 26.2. The zero-order valence-corrected chi connectivity index (χ0v) is 26.2. The van der Waals surface area contributed by atoms with Gasteiger partial charge in [-0.25, -0.2) is 9.18 Å². The van der Waals surface area contributed by atoms with E-state index in [1.807, 2.05) is 0 Å². The summed E-state index contributed by atoms with van der Waals surface area (Å²) < 4.78 is 15.4. The van der Waals surface area contributed by atoms with Gasteiger partial charge in [-0.05, 0) is 139 Å². The number of carboxylic acid groups (broad SMARTS) is 1. The third kappa shape index (κ3) is 3.74. The Balaban J connectivity index is 1.37. The molecule has 9 atom stereocenters. The second kappa shape index (κ2) is 9.28. The number of carbonyl (C=O) groups is 1. The van der Waals surface area contributed by atoms with Gasteiger partial charge in [0.15, 0.2) is 0 Å². The fourth-order valence-electron chi connectivity index (χ4n) is 12.5. The van der Waals surface area contributed by atoms with Crippen molar-refractivity contribution >= 4 is 11.5 Å². The number of halogens is 1. The number of allylic oxidation sites excluding steroid dienone is 3. The molecule has 41 heavy (non-hydrogen) atoms. The van der Waals surface area contributed by atoms with Crippen molar-refractivity contribution in [2.45, 2.75) is 99.3 Å². The van der Waals surface area contributed by atoms with Crippen LogP contribution in [-0.4, -0.2) is 22.8 Å². The van der Waals surface area contributed by atoms with Crippen molar-refractivity contribution in [2.24, 2.45) is 56.7 Å². The highest BCUT2D eigenvalue weighted by Crippen LogP contribution is 2.77. The first kappa shape index (κ1) is 29.1. The lowest BCUT2D eigenvalue weighted by atomic mass is 9.32. The van der Waals surface area contributed by atoms with Crippen LogP contribution < -0.4 is 0 Å². The largest absolute Gasteiger partial charge is 0.478 e. The smallest absolute Gasteiger partial charge is 0.335 e. The second-order valence-corrected chi connectivity index (χ2v) is 16.2. The maximum absolute atomic E-state index is 15.4. The molecule has 224 valence electrons. The molecule has 4 saturated carbocycles. The zero-order chi connectivity index (χ0) is 29.8. The average Bonchev–Trinajstić information content (AvgIpc) is 3.30. The monoisotopic (exact) mass is 562 g/mol. The Morgan fingerprint density at radius 1 is 0.976 bits per heavy atom. The molecule has 2 N–H and O–H groups in total. The normalized spacial score (nSPS) is 44.6. The highest BCUT2D eigenvalue weighted by molar-refractivity contribution is 5.88. The van der Waals surface area contributed by atoms with Gasteiger partial charge in [0.2, 0.25) is 0 Å². The standard InChI is InChI=1S/C37H51FO3/c1-22(2)24-12-17-37(21-39)19-18-35(6)27(31(24)37)10-11-30-34(5)15-13-26(25-9-8-23(32(40)41)20-28(25)38)33(3,4)29(34)14-16-36(30,35)7/h8-9,13,20,24,27,29-31,39H,1,10-12,14-19,21H2,2-7H3,(H,40,41)/t24?,27-,29+,30-,31?,34+,35-,36-,37-/m1/s1. The van der Waals surface area contributed by atoms with Gasteiger partial charge in [0.25, 0.3) is 0 Å². The Bertz CT molecular complexity index is 1310. The highest BCUT2D eigenvalue weighted by Gasteiger charge is 2.70. The quantitative estimate of drug-likeness (QED) is 0.360. The molecule has 5 aliphatic rings. The molecule has 2 unspecified atom stereocenters. The summed E-state index contributed by atoms with van der Waals surface area (Å²) in [5.41, 5.74) is 3.35. The van der Waals surface area contributed by atoms with E-state index in [0.29, 0.717) is 41.8 Å². The van der Waals surface area contributed by atoms with Gasteiger partial charge >= 0.3 is 5.97 Å². The summed E-state index contributed by atoms with van der Waals surface area (Å²) in [6, 6.07) is 4.41. The fourth-order valence-corrected chi connectivity index (χ4v) is 12.5. The minimum absolute atomic E-state index is 0.00223. The van der Waals surface area contributed by atoms with Crippen LogP contribution in [0.4, 0.5) is 4.39 Å². The van der Waals surface area contributed by atoms with Gasteiger partial charge < -0.3 is 10.2 Å². The van der Waals surface area contributed by atoms with Crippen molar-refractivity contribution in [1.82, 2.24) is 0 Å². The van der Waals surface area contributed by atoms with Crippen LogP contribution in [-0.2, 0) is 0 Å². The van der Waals surface area contributed by atoms with E-state index in [9.17, 15) is 15.0 Å². The van der Waals surface area contributed by atoms with E-state index in [0.717, 1.165) is 31.3 Å². The first-order valence-electron chi connectivity index (χ1n) is 16.2. The fraction of sp³-hybridized carbons (Fsp3) is 0.703. The molecular formula is C37H51FO3. The van der Waals surface area contributed by atoms with Gasteiger partial charge in [0.05, 0.1) is 5.56 Å². The number of carboxylic acids is 1. The number of aliphatic hydroxyl groups is 1. The van der Waals surface area contributed by atoms with Crippen molar-refractivity contribution in [2.75, 3.05) is 6.61 Å². The van der Waals surface area contributed by atoms with E-state index in [2.05, 4.69) is 54.2 Å². The SMILES string of the molecule is C=C(C)C1CC[C@]2(CO)CC[C@]3(C)[C@H](CC[C@@H]4[C@@]5(C)CC=C(c6ccc(C(=O)O)cc6F)C(C)(C)[C@@H]5CC[C@]43C)C12. The summed E-state index contributed by atoms with van der Waals surface area (Å²) in [7, 11) is 0. The van der Waals surface area contributed by atoms with Crippen LogP contribution >= 0.6 is 0 Å². The maximum atomic E-state index is 15.4. The van der Waals surface area contributed by atoms with Crippen LogP contribution in [0.15, 0.2) is 36.4 Å². The summed E-state index contributed by atoms with van der Waals surface area (Å²) >= 11 is 0. The van der Waals surface area contributed by atoms with Gasteiger partial charge in [-0.1, -0.05) is 58.9 Å². The number of hydrogen-bond donors (Lipinski definition) is 2. The van der Waals surface area contributed by atoms with Crippen molar-refractivity contribution in [1.29, 1.82) is 0 Å². The molecule has 0 bridgehead atoms. The molecule has 0 aliphatic heterocycles. The third-order valence-electron chi connectivity index (χ3n) is 14.6. The molecule has 1 aromatic carbocycles. The molecule has 4 heteroatoms. The van der Waals surface area contributed by atoms with Crippen LogP contribution in [0.3, 0.4) is 0 Å². The molecular weight excluding hydrogens is 511 g/mol. The van der Waals surface area contributed by atoms with Crippen LogP contribution in [0.1, 0.15) is 115 Å². The van der Waals surface area contributed by atoms with E-state index >= 15 is 4.39 Å². The van der Waals surface area contributed by atoms with E-state index in [4.69, 9.17) is 0 Å². The van der Waals surface area contributed by atoms with Gasteiger partial charge in [-0.3, -0.25) is 0 Å². The molecule has 1 aromatic rings. The van der Waals surface area contributed by atoms with Crippen molar-refractivity contribution in [3.05, 3.63) is 53.4 Å². The maximum Gasteiger partial charge on any atom is 0.335 e. The Morgan fingerprint density at radius 3 is 2.34 bits per heavy atom. The average molecular weight is 563 g/mol. The molecule has 5 aliphatic carbocycles. The number of benzene rings is 1. The summed E-state index contributed by atoms with van der Waals surface area (Å²) in [5.74, 6) is 1.19. The van der Waals surface area contributed by atoms with Crippen LogP contribution in [0, 0.1) is 62.5 Å².